The number of rotatable bonds is 5. The average Bonchev–Trinajstić information content (AvgIpc) is 2.97. The number of thioether (sulfide) groups is 1. The molecule has 1 heterocycles. The summed E-state index contributed by atoms with van der Waals surface area (Å²) in [6.07, 6.45) is 3.22. The summed E-state index contributed by atoms with van der Waals surface area (Å²) in [6, 6.07) is 3.45. The van der Waals surface area contributed by atoms with Gasteiger partial charge in [-0.05, 0) is 50.2 Å². The Morgan fingerprint density at radius 1 is 1.31 bits per heavy atom. The number of hydrogen-bond acceptors (Lipinski definition) is 5. The molecule has 26 heavy (non-hydrogen) atoms. The van der Waals surface area contributed by atoms with Crippen LogP contribution < -0.4 is 0 Å². The highest BCUT2D eigenvalue weighted by atomic mass is 32.2. The fourth-order valence-electron chi connectivity index (χ4n) is 3.79. The molecule has 3 rings (SSSR count). The van der Waals surface area contributed by atoms with Crippen LogP contribution in [0.4, 0.5) is 11.4 Å². The molecule has 2 aliphatic rings. The topological polar surface area (TPSA) is 79.0 Å². The van der Waals surface area contributed by atoms with Gasteiger partial charge >= 0.3 is 0 Å². The van der Waals surface area contributed by atoms with E-state index in [0.29, 0.717) is 5.92 Å². The molecular weight excluding hydrogens is 350 g/mol. The van der Waals surface area contributed by atoms with Crippen molar-refractivity contribution in [2.24, 2.45) is 10.9 Å². The van der Waals surface area contributed by atoms with E-state index in [-0.39, 0.29) is 16.7 Å². The van der Waals surface area contributed by atoms with Crippen LogP contribution in [-0.4, -0.2) is 44.5 Å². The second kappa shape index (κ2) is 7.96. The largest absolute Gasteiger partial charge is 0.391 e. The summed E-state index contributed by atoms with van der Waals surface area (Å²) in [6.45, 7) is 6.99. The smallest absolute Gasteiger partial charge is 0.273 e. The van der Waals surface area contributed by atoms with Gasteiger partial charge in [-0.15, -0.1) is 0 Å². The molecular formula is C19H27N3O3S. The number of nitrogens with zero attached hydrogens (tertiary/aromatic N) is 3. The van der Waals surface area contributed by atoms with Crippen molar-refractivity contribution in [3.8, 4) is 0 Å². The summed E-state index contributed by atoms with van der Waals surface area (Å²) in [5.41, 5.74) is 2.97. The molecule has 0 unspecified atom stereocenters. The first-order chi connectivity index (χ1) is 12.4. The molecule has 1 saturated heterocycles. The Morgan fingerprint density at radius 2 is 2.00 bits per heavy atom. The minimum Gasteiger partial charge on any atom is -0.391 e. The van der Waals surface area contributed by atoms with Crippen LogP contribution in [0.5, 0.6) is 0 Å². The van der Waals surface area contributed by atoms with Gasteiger partial charge in [0.15, 0.2) is 5.17 Å². The van der Waals surface area contributed by atoms with Crippen LogP contribution in [-0.2, 0) is 12.8 Å². The fraction of sp³-hybridized carbons (Fsp3) is 0.632. The van der Waals surface area contributed by atoms with E-state index in [4.69, 9.17) is 4.99 Å². The van der Waals surface area contributed by atoms with Crippen LogP contribution >= 0.6 is 11.8 Å². The standard InChI is InChI=1S/C19H27N3O3S/c1-12(2)10-21-18(13(3)23)11-26-19(21)20-16-8-9-17(22(24)25)15-7-5-4-6-14(15)16/h8-9,12-13,18,23H,4-7,10-11H2,1-3H3/t13-,18-/m1/s1. The first-order valence-corrected chi connectivity index (χ1v) is 10.3. The second-order valence-electron chi connectivity index (χ2n) is 7.58. The van der Waals surface area contributed by atoms with E-state index in [9.17, 15) is 15.2 Å². The lowest BCUT2D eigenvalue weighted by Crippen LogP contribution is -2.43. The monoisotopic (exact) mass is 377 g/mol. The number of aliphatic imine (C=N–C) groups is 1. The Kier molecular flexibility index (Phi) is 5.87. The number of fused-ring (bicyclic) bond motifs is 1. The Balaban J connectivity index is 1.99. The SMILES string of the molecule is CC(C)CN1C(=Nc2ccc([N+](=O)[O-])c3c2CCCC3)SC[C@@H]1[C@@H](C)O. The van der Waals surface area contributed by atoms with E-state index in [1.54, 1.807) is 23.9 Å². The molecule has 2 atom stereocenters. The zero-order valence-corrected chi connectivity index (χ0v) is 16.5. The number of amidine groups is 1. The predicted octanol–water partition coefficient (Wildman–Crippen LogP) is 3.92. The highest BCUT2D eigenvalue weighted by Gasteiger charge is 2.34. The van der Waals surface area contributed by atoms with Crippen LogP contribution in [0.25, 0.3) is 0 Å². The van der Waals surface area contributed by atoms with E-state index >= 15 is 0 Å². The van der Waals surface area contributed by atoms with Crippen LogP contribution in [0.1, 0.15) is 44.7 Å². The molecule has 1 aliphatic heterocycles. The van der Waals surface area contributed by atoms with Gasteiger partial charge in [0, 0.05) is 23.9 Å². The minimum absolute atomic E-state index is 0.0648. The van der Waals surface area contributed by atoms with E-state index in [1.165, 1.54) is 0 Å². The summed E-state index contributed by atoms with van der Waals surface area (Å²) < 4.78 is 0. The molecule has 1 aromatic carbocycles. The van der Waals surface area contributed by atoms with Gasteiger partial charge in [-0.2, -0.15) is 0 Å². The molecule has 0 spiro atoms. The Labute approximate surface area is 158 Å². The lowest BCUT2D eigenvalue weighted by atomic mass is 9.89. The molecule has 0 amide bonds. The second-order valence-corrected chi connectivity index (χ2v) is 8.57. The van der Waals surface area contributed by atoms with Gasteiger partial charge in [0.05, 0.1) is 22.8 Å². The summed E-state index contributed by atoms with van der Waals surface area (Å²) in [4.78, 5) is 18.2. The summed E-state index contributed by atoms with van der Waals surface area (Å²) in [5, 5.41) is 22.4. The van der Waals surface area contributed by atoms with Gasteiger partial charge in [0.25, 0.3) is 5.69 Å². The average molecular weight is 378 g/mol. The zero-order chi connectivity index (χ0) is 18.8. The van der Waals surface area contributed by atoms with E-state index in [0.717, 1.165) is 60.0 Å². The lowest BCUT2D eigenvalue weighted by molar-refractivity contribution is -0.385. The van der Waals surface area contributed by atoms with Crippen molar-refractivity contribution in [2.75, 3.05) is 12.3 Å². The van der Waals surface area contributed by atoms with Crippen molar-refractivity contribution >= 4 is 28.3 Å². The Hall–Kier alpha value is -1.60. The van der Waals surface area contributed by atoms with Crippen molar-refractivity contribution in [2.45, 2.75) is 58.6 Å². The van der Waals surface area contributed by atoms with Crippen LogP contribution in [0, 0.1) is 16.0 Å². The molecule has 0 saturated carbocycles. The molecule has 1 N–H and O–H groups in total. The molecule has 0 aromatic heterocycles. The molecule has 142 valence electrons. The van der Waals surface area contributed by atoms with Crippen molar-refractivity contribution in [1.29, 1.82) is 0 Å². The van der Waals surface area contributed by atoms with Crippen molar-refractivity contribution in [3.05, 3.63) is 33.4 Å². The normalized spacial score (nSPS) is 22.7. The predicted molar refractivity (Wildman–Crippen MR) is 106 cm³/mol. The maximum atomic E-state index is 11.3. The molecule has 7 heteroatoms. The summed E-state index contributed by atoms with van der Waals surface area (Å²) in [5.74, 6) is 1.28. The van der Waals surface area contributed by atoms with Crippen LogP contribution in [0.3, 0.4) is 0 Å². The number of aliphatic hydroxyl groups excluding tert-OH is 1. The maximum absolute atomic E-state index is 11.3. The van der Waals surface area contributed by atoms with Gasteiger partial charge in [-0.1, -0.05) is 25.6 Å². The first kappa shape index (κ1) is 19.2. The maximum Gasteiger partial charge on any atom is 0.273 e. The quantitative estimate of drug-likeness (QED) is 0.621. The molecule has 1 aromatic rings. The van der Waals surface area contributed by atoms with Crippen molar-refractivity contribution in [3.63, 3.8) is 0 Å². The molecule has 0 bridgehead atoms. The van der Waals surface area contributed by atoms with Crippen molar-refractivity contribution < 1.29 is 10.0 Å². The van der Waals surface area contributed by atoms with Crippen molar-refractivity contribution in [1.82, 2.24) is 4.90 Å². The highest BCUT2D eigenvalue weighted by Crippen LogP contribution is 2.38. The van der Waals surface area contributed by atoms with Gasteiger partial charge < -0.3 is 10.0 Å². The van der Waals surface area contributed by atoms with Gasteiger partial charge in [-0.25, -0.2) is 4.99 Å². The third-order valence-corrected chi connectivity index (χ3v) is 6.14. The number of nitro groups is 1. The fourth-order valence-corrected chi connectivity index (χ4v) is 5.10. The Morgan fingerprint density at radius 3 is 2.62 bits per heavy atom. The zero-order valence-electron chi connectivity index (χ0n) is 15.6. The molecule has 6 nitrogen and oxygen atoms in total. The first-order valence-electron chi connectivity index (χ1n) is 9.33. The van der Waals surface area contributed by atoms with Gasteiger partial charge in [-0.3, -0.25) is 10.1 Å². The highest BCUT2D eigenvalue weighted by molar-refractivity contribution is 8.14. The Bertz CT molecular complexity index is 718. The van der Waals surface area contributed by atoms with Crippen LogP contribution in [0.15, 0.2) is 17.1 Å². The third kappa shape index (κ3) is 3.88. The van der Waals surface area contributed by atoms with Crippen LogP contribution in [0.2, 0.25) is 0 Å². The number of aliphatic hydroxyl groups is 1. The van der Waals surface area contributed by atoms with Gasteiger partial charge in [0.1, 0.15) is 0 Å². The summed E-state index contributed by atoms with van der Waals surface area (Å²) >= 11 is 1.67. The van der Waals surface area contributed by atoms with E-state index in [1.807, 2.05) is 6.92 Å². The van der Waals surface area contributed by atoms with E-state index < -0.39 is 6.10 Å². The molecule has 0 radical (unpaired) electrons. The minimum atomic E-state index is -0.417. The number of hydrogen-bond donors (Lipinski definition) is 1. The van der Waals surface area contributed by atoms with E-state index in [2.05, 4.69) is 18.7 Å². The summed E-state index contributed by atoms with van der Waals surface area (Å²) in [7, 11) is 0. The molecule has 1 aliphatic carbocycles. The number of nitro benzene ring substituents is 1. The molecule has 1 fully saturated rings. The van der Waals surface area contributed by atoms with Gasteiger partial charge in [0.2, 0.25) is 0 Å². The lowest BCUT2D eigenvalue weighted by Gasteiger charge is -2.29. The third-order valence-electron chi connectivity index (χ3n) is 5.05. The number of benzene rings is 1.